The average molecular weight is 275 g/mol. The lowest BCUT2D eigenvalue weighted by Gasteiger charge is -2.07. The van der Waals surface area contributed by atoms with E-state index in [1.54, 1.807) is 0 Å². The molecule has 1 heterocycles. The van der Waals surface area contributed by atoms with Crippen molar-refractivity contribution in [1.29, 1.82) is 0 Å². The minimum Gasteiger partial charge on any atom is -0.383 e. The number of rotatable bonds is 3. The average Bonchev–Trinajstić information content (AvgIpc) is 3.32. The van der Waals surface area contributed by atoms with E-state index in [0.717, 1.165) is 37.6 Å². The first-order chi connectivity index (χ1) is 9.65. The third-order valence-corrected chi connectivity index (χ3v) is 4.02. The first-order valence-electron chi connectivity index (χ1n) is 6.98. The Hall–Kier alpha value is -1.91. The summed E-state index contributed by atoms with van der Waals surface area (Å²) in [5.74, 6) is 0.370. The van der Waals surface area contributed by atoms with Crippen molar-refractivity contribution in [1.82, 2.24) is 9.55 Å². The molecule has 1 aromatic carbocycles. The number of hydrogen-bond acceptors (Lipinski definition) is 2. The Labute approximate surface area is 115 Å². The molecular weight excluding hydrogens is 260 g/mol. The summed E-state index contributed by atoms with van der Waals surface area (Å²) in [5, 5.41) is 0. The molecule has 2 aliphatic carbocycles. The molecule has 0 spiro atoms. The Bertz CT molecular complexity index is 685. The van der Waals surface area contributed by atoms with Gasteiger partial charge in [0.05, 0.1) is 0 Å². The summed E-state index contributed by atoms with van der Waals surface area (Å²) in [5.41, 5.74) is 7.34. The van der Waals surface area contributed by atoms with Crippen LogP contribution in [0.1, 0.15) is 43.5 Å². The van der Waals surface area contributed by atoms with Gasteiger partial charge in [0.15, 0.2) is 11.6 Å². The van der Waals surface area contributed by atoms with Crippen LogP contribution < -0.4 is 5.73 Å². The lowest BCUT2D eigenvalue weighted by atomic mass is 10.1. The minimum atomic E-state index is -0.865. The molecule has 2 aromatic rings. The number of halogens is 2. The van der Waals surface area contributed by atoms with Gasteiger partial charge in [-0.2, -0.15) is 0 Å². The molecule has 0 unspecified atom stereocenters. The molecule has 0 aliphatic heterocycles. The van der Waals surface area contributed by atoms with Crippen LogP contribution in [-0.2, 0) is 0 Å². The van der Waals surface area contributed by atoms with Gasteiger partial charge >= 0.3 is 0 Å². The summed E-state index contributed by atoms with van der Waals surface area (Å²) in [7, 11) is 0. The number of aromatic nitrogens is 2. The zero-order valence-corrected chi connectivity index (χ0v) is 10.9. The van der Waals surface area contributed by atoms with Crippen molar-refractivity contribution in [3.8, 4) is 11.3 Å². The number of nitrogen functional groups attached to an aromatic ring is 1. The van der Waals surface area contributed by atoms with Gasteiger partial charge in [0.1, 0.15) is 17.3 Å². The third kappa shape index (κ3) is 1.80. The number of anilines is 1. The van der Waals surface area contributed by atoms with Crippen molar-refractivity contribution in [3.05, 3.63) is 35.7 Å². The summed E-state index contributed by atoms with van der Waals surface area (Å²) >= 11 is 0. The van der Waals surface area contributed by atoms with Crippen LogP contribution in [0.25, 0.3) is 11.3 Å². The molecule has 5 heteroatoms. The first-order valence-corrected chi connectivity index (χ1v) is 6.98. The molecular formula is C15H15F2N3. The van der Waals surface area contributed by atoms with E-state index in [2.05, 4.69) is 9.55 Å². The van der Waals surface area contributed by atoms with E-state index < -0.39 is 11.6 Å². The van der Waals surface area contributed by atoms with Crippen molar-refractivity contribution in [3.63, 3.8) is 0 Å². The Morgan fingerprint density at radius 2 is 1.85 bits per heavy atom. The zero-order chi connectivity index (χ0) is 13.9. The van der Waals surface area contributed by atoms with Crippen LogP contribution in [0.2, 0.25) is 0 Å². The molecule has 0 amide bonds. The van der Waals surface area contributed by atoms with E-state index in [4.69, 9.17) is 5.73 Å². The molecule has 0 atom stereocenters. The topological polar surface area (TPSA) is 43.8 Å². The predicted octanol–water partition coefficient (Wildman–Crippen LogP) is 3.62. The van der Waals surface area contributed by atoms with Crippen LogP contribution in [0.4, 0.5) is 14.6 Å². The van der Waals surface area contributed by atoms with E-state index in [1.165, 1.54) is 12.1 Å². The van der Waals surface area contributed by atoms with Crippen LogP contribution >= 0.6 is 0 Å². The van der Waals surface area contributed by atoms with Gasteiger partial charge in [0, 0.05) is 17.5 Å². The van der Waals surface area contributed by atoms with E-state index in [0.29, 0.717) is 29.0 Å². The van der Waals surface area contributed by atoms with E-state index in [1.807, 2.05) is 0 Å². The monoisotopic (exact) mass is 275 g/mol. The van der Waals surface area contributed by atoms with Gasteiger partial charge in [-0.05, 0) is 43.9 Å². The number of benzene rings is 1. The van der Waals surface area contributed by atoms with Gasteiger partial charge in [-0.25, -0.2) is 13.8 Å². The van der Waals surface area contributed by atoms with Gasteiger partial charge in [0.25, 0.3) is 0 Å². The maximum atomic E-state index is 13.4. The molecule has 4 rings (SSSR count). The van der Waals surface area contributed by atoms with Crippen molar-refractivity contribution < 1.29 is 8.78 Å². The summed E-state index contributed by atoms with van der Waals surface area (Å²) in [6.07, 6.45) is 4.52. The van der Waals surface area contributed by atoms with Gasteiger partial charge in [-0.3, -0.25) is 0 Å². The predicted molar refractivity (Wildman–Crippen MR) is 72.2 cm³/mol. The molecule has 0 bridgehead atoms. The highest BCUT2D eigenvalue weighted by atomic mass is 19.2. The fourth-order valence-corrected chi connectivity index (χ4v) is 2.67. The van der Waals surface area contributed by atoms with Crippen LogP contribution in [0.3, 0.4) is 0 Å². The second-order valence-corrected chi connectivity index (χ2v) is 5.71. The Balaban J connectivity index is 1.84. The molecule has 0 saturated heterocycles. The SMILES string of the molecule is Nc1c(-c2ccc(F)c(F)c2)nc(C2CC2)n1C1CC1. The number of hydrogen-bond donors (Lipinski definition) is 1. The standard InChI is InChI=1S/C15H15F2N3/c16-11-6-3-9(7-12(11)17)13-14(18)20(10-4-5-10)15(19-13)8-1-2-8/h3,6-8,10H,1-2,4-5,18H2. The van der Waals surface area contributed by atoms with Gasteiger partial charge < -0.3 is 10.3 Å². The molecule has 20 heavy (non-hydrogen) atoms. The minimum absolute atomic E-state index is 0.442. The molecule has 2 fully saturated rings. The fraction of sp³-hybridized carbons (Fsp3) is 0.400. The fourth-order valence-electron chi connectivity index (χ4n) is 2.67. The van der Waals surface area contributed by atoms with E-state index in [9.17, 15) is 8.78 Å². The van der Waals surface area contributed by atoms with Crippen molar-refractivity contribution in [2.45, 2.75) is 37.6 Å². The third-order valence-electron chi connectivity index (χ3n) is 4.02. The zero-order valence-electron chi connectivity index (χ0n) is 10.9. The normalized spacial score (nSPS) is 18.5. The highest BCUT2D eigenvalue weighted by molar-refractivity contribution is 5.71. The summed E-state index contributed by atoms with van der Waals surface area (Å²) in [6.45, 7) is 0. The van der Waals surface area contributed by atoms with Crippen molar-refractivity contribution in [2.24, 2.45) is 0 Å². The molecule has 0 radical (unpaired) electrons. The lowest BCUT2D eigenvalue weighted by molar-refractivity contribution is 0.509. The first kappa shape index (κ1) is 11.9. The highest BCUT2D eigenvalue weighted by Crippen LogP contribution is 2.48. The van der Waals surface area contributed by atoms with Gasteiger partial charge in [-0.15, -0.1) is 0 Å². The molecule has 2 N–H and O–H groups in total. The molecule has 2 aliphatic rings. The van der Waals surface area contributed by atoms with Crippen molar-refractivity contribution in [2.75, 3.05) is 5.73 Å². The van der Waals surface area contributed by atoms with Crippen molar-refractivity contribution >= 4 is 5.82 Å². The van der Waals surface area contributed by atoms with Gasteiger partial charge in [-0.1, -0.05) is 0 Å². The maximum Gasteiger partial charge on any atom is 0.159 e. The van der Waals surface area contributed by atoms with Crippen LogP contribution in [0.15, 0.2) is 18.2 Å². The Morgan fingerprint density at radius 1 is 1.10 bits per heavy atom. The molecule has 104 valence electrons. The number of nitrogens with two attached hydrogens (primary N) is 1. The van der Waals surface area contributed by atoms with Crippen LogP contribution in [-0.4, -0.2) is 9.55 Å². The Kier molecular flexibility index (Phi) is 2.40. The lowest BCUT2D eigenvalue weighted by Crippen LogP contribution is -2.04. The highest BCUT2D eigenvalue weighted by Gasteiger charge is 2.36. The largest absolute Gasteiger partial charge is 0.383 e. The smallest absolute Gasteiger partial charge is 0.159 e. The quantitative estimate of drug-likeness (QED) is 0.929. The molecule has 2 saturated carbocycles. The maximum absolute atomic E-state index is 13.4. The second kappa shape index (κ2) is 4.04. The molecule has 3 nitrogen and oxygen atoms in total. The molecule has 1 aromatic heterocycles. The number of imidazole rings is 1. The van der Waals surface area contributed by atoms with E-state index >= 15 is 0 Å². The summed E-state index contributed by atoms with van der Waals surface area (Å²) in [4.78, 5) is 4.62. The van der Waals surface area contributed by atoms with Gasteiger partial charge in [0.2, 0.25) is 0 Å². The summed E-state index contributed by atoms with van der Waals surface area (Å²) < 4.78 is 28.5. The second-order valence-electron chi connectivity index (χ2n) is 5.71. The van der Waals surface area contributed by atoms with Crippen LogP contribution in [0.5, 0.6) is 0 Å². The van der Waals surface area contributed by atoms with Crippen LogP contribution in [0, 0.1) is 11.6 Å². The Morgan fingerprint density at radius 3 is 2.45 bits per heavy atom. The summed E-state index contributed by atoms with van der Waals surface area (Å²) in [6, 6.07) is 4.27. The van der Waals surface area contributed by atoms with E-state index in [-0.39, 0.29) is 0 Å². The number of nitrogens with zero attached hydrogens (tertiary/aromatic N) is 2.